The predicted molar refractivity (Wildman–Crippen MR) is 71.5 cm³/mol. The van der Waals surface area contributed by atoms with E-state index in [1.807, 2.05) is 0 Å². The summed E-state index contributed by atoms with van der Waals surface area (Å²) in [4.78, 5) is 0. The van der Waals surface area contributed by atoms with Crippen LogP contribution in [0.2, 0.25) is 5.02 Å². The molecule has 18 heavy (non-hydrogen) atoms. The predicted octanol–water partition coefficient (Wildman–Crippen LogP) is 4.53. The lowest BCUT2D eigenvalue weighted by Crippen LogP contribution is -1.95. The van der Waals surface area contributed by atoms with Gasteiger partial charge in [0.2, 0.25) is 0 Å². The van der Waals surface area contributed by atoms with Crippen LogP contribution in [0.15, 0.2) is 40.9 Å². The van der Waals surface area contributed by atoms with Gasteiger partial charge >= 0.3 is 0 Å². The van der Waals surface area contributed by atoms with Crippen LogP contribution in [0.25, 0.3) is 0 Å². The average Bonchev–Trinajstić information content (AvgIpc) is 2.33. The second-order valence-corrected chi connectivity index (χ2v) is 4.87. The molecule has 2 nitrogen and oxygen atoms in total. The summed E-state index contributed by atoms with van der Waals surface area (Å²) in [5, 5.41) is 9.53. The van der Waals surface area contributed by atoms with Crippen LogP contribution < -0.4 is 4.74 Å². The molecule has 0 saturated carbocycles. The highest BCUT2D eigenvalue weighted by molar-refractivity contribution is 9.10. The van der Waals surface area contributed by atoms with Crippen LogP contribution in [0.1, 0.15) is 5.56 Å². The first-order valence-electron chi connectivity index (χ1n) is 5.13. The van der Waals surface area contributed by atoms with Crippen LogP contribution in [0.5, 0.6) is 11.5 Å². The van der Waals surface area contributed by atoms with Crippen molar-refractivity contribution in [2.45, 2.75) is 6.61 Å². The second kappa shape index (κ2) is 5.69. The molecule has 0 heterocycles. The molecule has 1 N–H and O–H groups in total. The van der Waals surface area contributed by atoms with E-state index in [2.05, 4.69) is 15.9 Å². The minimum Gasteiger partial charge on any atom is -0.455 e. The van der Waals surface area contributed by atoms with E-state index in [-0.39, 0.29) is 11.3 Å². The number of aliphatic hydroxyl groups is 1. The van der Waals surface area contributed by atoms with Crippen LogP contribution in [-0.4, -0.2) is 5.11 Å². The Balaban J connectivity index is 2.37. The molecule has 0 atom stereocenters. The van der Waals surface area contributed by atoms with E-state index in [9.17, 15) is 4.39 Å². The van der Waals surface area contributed by atoms with Gasteiger partial charge in [-0.25, -0.2) is 4.39 Å². The second-order valence-electron chi connectivity index (χ2n) is 3.55. The number of benzene rings is 2. The quantitative estimate of drug-likeness (QED) is 0.895. The number of hydrogen-bond donors (Lipinski definition) is 1. The number of halogens is 3. The van der Waals surface area contributed by atoms with Crippen molar-refractivity contribution in [1.29, 1.82) is 0 Å². The maximum Gasteiger partial charge on any atom is 0.146 e. The first-order chi connectivity index (χ1) is 8.61. The Morgan fingerprint density at radius 1 is 1.22 bits per heavy atom. The van der Waals surface area contributed by atoms with Gasteiger partial charge in [-0.15, -0.1) is 0 Å². The molecule has 0 aromatic heterocycles. The van der Waals surface area contributed by atoms with E-state index in [1.165, 1.54) is 12.1 Å². The summed E-state index contributed by atoms with van der Waals surface area (Å²) in [6, 6.07) is 9.46. The maximum atomic E-state index is 13.4. The molecule has 0 bridgehead atoms. The summed E-state index contributed by atoms with van der Waals surface area (Å²) in [6.45, 7) is -0.434. The van der Waals surface area contributed by atoms with E-state index in [1.54, 1.807) is 24.3 Å². The Bertz CT molecular complexity index is 575. The molecule has 0 saturated heterocycles. The summed E-state index contributed by atoms with van der Waals surface area (Å²) < 4.78 is 19.8. The first-order valence-corrected chi connectivity index (χ1v) is 6.30. The van der Waals surface area contributed by atoms with Crippen LogP contribution in [-0.2, 0) is 6.61 Å². The van der Waals surface area contributed by atoms with E-state index < -0.39 is 12.4 Å². The third kappa shape index (κ3) is 2.83. The van der Waals surface area contributed by atoms with Gasteiger partial charge in [-0.2, -0.15) is 0 Å². The van der Waals surface area contributed by atoms with E-state index in [0.29, 0.717) is 10.8 Å². The third-order valence-corrected chi connectivity index (χ3v) is 3.14. The number of rotatable bonds is 3. The lowest BCUT2D eigenvalue weighted by molar-refractivity contribution is 0.270. The highest BCUT2D eigenvalue weighted by Crippen LogP contribution is 2.33. The van der Waals surface area contributed by atoms with E-state index in [4.69, 9.17) is 21.4 Å². The fraction of sp³-hybridized carbons (Fsp3) is 0.0769. The maximum absolute atomic E-state index is 13.4. The fourth-order valence-corrected chi connectivity index (χ4v) is 2.18. The van der Waals surface area contributed by atoms with Gasteiger partial charge < -0.3 is 9.84 Å². The molecule has 0 aliphatic carbocycles. The van der Waals surface area contributed by atoms with Gasteiger partial charge in [0.1, 0.15) is 17.3 Å². The van der Waals surface area contributed by atoms with Crippen molar-refractivity contribution >= 4 is 27.5 Å². The van der Waals surface area contributed by atoms with Gasteiger partial charge in [-0.1, -0.05) is 33.6 Å². The molecule has 94 valence electrons. The van der Waals surface area contributed by atoms with Gasteiger partial charge in [0.25, 0.3) is 0 Å². The molecule has 0 aliphatic rings. The normalized spacial score (nSPS) is 10.4. The topological polar surface area (TPSA) is 29.5 Å². The van der Waals surface area contributed by atoms with E-state index in [0.717, 1.165) is 4.47 Å². The molecule has 0 amide bonds. The molecular weight excluding hydrogens is 322 g/mol. The lowest BCUT2D eigenvalue weighted by Gasteiger charge is -2.11. The van der Waals surface area contributed by atoms with Crippen molar-refractivity contribution in [2.75, 3.05) is 0 Å². The largest absolute Gasteiger partial charge is 0.455 e. The summed E-state index contributed by atoms with van der Waals surface area (Å²) in [5.74, 6) is 0.144. The standard InChI is InChI=1S/C13H9BrClFO2/c14-8-4-5-13(10(15)6-8)18-12-3-1-2-11(16)9(12)7-17/h1-6,17H,7H2. The van der Waals surface area contributed by atoms with Crippen LogP contribution >= 0.6 is 27.5 Å². The van der Waals surface area contributed by atoms with Gasteiger partial charge in [0, 0.05) is 4.47 Å². The highest BCUT2D eigenvalue weighted by Gasteiger charge is 2.11. The SMILES string of the molecule is OCc1c(F)cccc1Oc1ccc(Br)cc1Cl. The van der Waals surface area contributed by atoms with E-state index >= 15 is 0 Å². The van der Waals surface area contributed by atoms with Gasteiger partial charge in [-0.3, -0.25) is 0 Å². The fourth-order valence-electron chi connectivity index (χ4n) is 1.46. The molecule has 0 aliphatic heterocycles. The Kier molecular flexibility index (Phi) is 4.22. The summed E-state index contributed by atoms with van der Waals surface area (Å²) in [5.41, 5.74) is 0.108. The van der Waals surface area contributed by atoms with Crippen molar-refractivity contribution in [1.82, 2.24) is 0 Å². The van der Waals surface area contributed by atoms with Crippen LogP contribution in [0, 0.1) is 5.82 Å². The molecule has 0 fully saturated rings. The van der Waals surface area contributed by atoms with Crippen molar-refractivity contribution in [3.05, 3.63) is 57.3 Å². The molecule has 5 heteroatoms. The highest BCUT2D eigenvalue weighted by atomic mass is 79.9. The Labute approximate surface area is 117 Å². The van der Waals surface area contributed by atoms with Crippen molar-refractivity contribution in [2.24, 2.45) is 0 Å². The van der Waals surface area contributed by atoms with Crippen LogP contribution in [0.4, 0.5) is 4.39 Å². The Morgan fingerprint density at radius 3 is 2.67 bits per heavy atom. The van der Waals surface area contributed by atoms with Gasteiger partial charge in [0.05, 0.1) is 17.2 Å². The minimum atomic E-state index is -0.511. The minimum absolute atomic E-state index is 0.108. The molecule has 2 aromatic carbocycles. The molecule has 2 aromatic rings. The number of ether oxygens (including phenoxy) is 1. The van der Waals surface area contributed by atoms with Crippen molar-refractivity contribution in [3.8, 4) is 11.5 Å². The third-order valence-electron chi connectivity index (χ3n) is 2.35. The average molecular weight is 332 g/mol. The zero-order valence-corrected chi connectivity index (χ0v) is 11.5. The monoisotopic (exact) mass is 330 g/mol. The summed E-state index contributed by atoms with van der Waals surface area (Å²) in [6.07, 6.45) is 0. The first kappa shape index (κ1) is 13.3. The molecule has 2 rings (SSSR count). The van der Waals surface area contributed by atoms with Crippen molar-refractivity contribution < 1.29 is 14.2 Å². The Hall–Kier alpha value is -1.10. The zero-order chi connectivity index (χ0) is 13.1. The zero-order valence-electron chi connectivity index (χ0n) is 9.16. The smallest absolute Gasteiger partial charge is 0.146 e. The lowest BCUT2D eigenvalue weighted by atomic mass is 10.2. The van der Waals surface area contributed by atoms with Gasteiger partial charge in [-0.05, 0) is 30.3 Å². The summed E-state index contributed by atoms with van der Waals surface area (Å²) >= 11 is 9.28. The molecule has 0 unspecified atom stereocenters. The molecule has 0 spiro atoms. The number of aliphatic hydroxyl groups excluding tert-OH is 1. The van der Waals surface area contributed by atoms with Gasteiger partial charge in [0.15, 0.2) is 0 Å². The molecular formula is C13H9BrClFO2. The van der Waals surface area contributed by atoms with Crippen molar-refractivity contribution in [3.63, 3.8) is 0 Å². The Morgan fingerprint density at radius 2 is 2.00 bits per heavy atom. The van der Waals surface area contributed by atoms with Crippen LogP contribution in [0.3, 0.4) is 0 Å². The summed E-state index contributed by atoms with van der Waals surface area (Å²) in [7, 11) is 0. The molecule has 0 radical (unpaired) electrons. The number of hydrogen-bond acceptors (Lipinski definition) is 2.